The predicted molar refractivity (Wildman–Crippen MR) is 107 cm³/mol. The van der Waals surface area contributed by atoms with Gasteiger partial charge in [-0.05, 0) is 40.4 Å². The summed E-state index contributed by atoms with van der Waals surface area (Å²) in [4.78, 5) is 13.4. The second-order valence-corrected chi connectivity index (χ2v) is 7.68. The minimum Gasteiger partial charge on any atom is -0.488 e. The number of aromatic nitrogens is 4. The molecule has 0 aliphatic carbocycles. The predicted octanol–water partition coefficient (Wildman–Crippen LogP) is 3.09. The molecule has 1 saturated heterocycles. The number of hydrogen-bond donors (Lipinski definition) is 1. The van der Waals surface area contributed by atoms with Crippen molar-refractivity contribution >= 4 is 16.7 Å². The normalized spacial score (nSPS) is 17.2. The van der Waals surface area contributed by atoms with Gasteiger partial charge < -0.3 is 14.5 Å². The van der Waals surface area contributed by atoms with Gasteiger partial charge in [-0.1, -0.05) is 0 Å². The van der Waals surface area contributed by atoms with Crippen LogP contribution in [0.3, 0.4) is 0 Å². The number of ether oxygens (including phenoxy) is 1. The largest absolute Gasteiger partial charge is 0.488 e. The van der Waals surface area contributed by atoms with Crippen LogP contribution in [0.4, 0.5) is 10.2 Å². The van der Waals surface area contributed by atoms with Crippen LogP contribution in [0.15, 0.2) is 24.5 Å². The van der Waals surface area contributed by atoms with Crippen molar-refractivity contribution in [3.05, 3.63) is 30.3 Å². The summed E-state index contributed by atoms with van der Waals surface area (Å²) < 4.78 is 19.8. The molecule has 1 unspecified atom stereocenters. The molecule has 148 valence electrons. The molecule has 2 aromatic heterocycles. The lowest BCUT2D eigenvalue weighted by atomic mass is 10.1. The van der Waals surface area contributed by atoms with E-state index in [2.05, 4.69) is 44.1 Å². The average molecular weight is 384 g/mol. The van der Waals surface area contributed by atoms with Gasteiger partial charge in [-0.15, -0.1) is 0 Å². The number of benzene rings is 1. The van der Waals surface area contributed by atoms with Crippen molar-refractivity contribution < 1.29 is 9.13 Å². The van der Waals surface area contributed by atoms with Crippen LogP contribution in [0.5, 0.6) is 5.75 Å². The second-order valence-electron chi connectivity index (χ2n) is 7.68. The number of rotatable bonds is 5. The Labute approximate surface area is 163 Å². The van der Waals surface area contributed by atoms with Crippen LogP contribution in [0.2, 0.25) is 0 Å². The van der Waals surface area contributed by atoms with E-state index in [-0.39, 0.29) is 11.9 Å². The highest BCUT2D eigenvalue weighted by Crippen LogP contribution is 2.32. The molecule has 1 N–H and O–H groups in total. The summed E-state index contributed by atoms with van der Waals surface area (Å²) in [5.74, 6) is 0.686. The van der Waals surface area contributed by atoms with Crippen LogP contribution < -0.4 is 9.64 Å². The standard InChI is InChI=1S/C20H25FN6O/c1-12(2)28-18-7-14-16(8-15(18)21)24-25-20(14)17-9-19(23-11-22-17)27-6-5-13(10-27)26(3)4/h7-9,11-13H,5-6,10H2,1-4H3,(H,24,25). The Balaban J connectivity index is 1.69. The van der Waals surface area contributed by atoms with Crippen molar-refractivity contribution in [2.75, 3.05) is 32.1 Å². The van der Waals surface area contributed by atoms with Crippen molar-refractivity contribution in [2.24, 2.45) is 0 Å². The highest BCUT2D eigenvalue weighted by atomic mass is 19.1. The van der Waals surface area contributed by atoms with Crippen molar-refractivity contribution in [1.82, 2.24) is 25.1 Å². The van der Waals surface area contributed by atoms with Crippen LogP contribution in [-0.2, 0) is 0 Å². The molecule has 1 aromatic carbocycles. The van der Waals surface area contributed by atoms with Crippen LogP contribution >= 0.6 is 0 Å². The average Bonchev–Trinajstić information content (AvgIpc) is 3.29. The smallest absolute Gasteiger partial charge is 0.167 e. The molecule has 0 bridgehead atoms. The van der Waals surface area contributed by atoms with Crippen molar-refractivity contribution in [1.29, 1.82) is 0 Å². The number of hydrogen-bond acceptors (Lipinski definition) is 6. The lowest BCUT2D eigenvalue weighted by molar-refractivity contribution is 0.231. The summed E-state index contributed by atoms with van der Waals surface area (Å²) in [6, 6.07) is 5.56. The lowest BCUT2D eigenvalue weighted by Gasteiger charge is -2.21. The fourth-order valence-electron chi connectivity index (χ4n) is 3.58. The number of aromatic amines is 1. The van der Waals surface area contributed by atoms with Gasteiger partial charge in [0.25, 0.3) is 0 Å². The first-order chi connectivity index (χ1) is 13.4. The molecule has 1 aliphatic rings. The molecule has 1 aliphatic heterocycles. The van der Waals surface area contributed by atoms with Gasteiger partial charge in [0, 0.05) is 36.7 Å². The molecule has 3 heterocycles. The highest BCUT2D eigenvalue weighted by molar-refractivity contribution is 5.93. The van der Waals surface area contributed by atoms with Gasteiger partial charge in [-0.25, -0.2) is 14.4 Å². The Bertz CT molecular complexity index is 986. The highest BCUT2D eigenvalue weighted by Gasteiger charge is 2.25. The number of nitrogens with one attached hydrogen (secondary N) is 1. The molecule has 1 fully saturated rings. The molecule has 4 rings (SSSR count). The molecule has 8 heteroatoms. The molecule has 28 heavy (non-hydrogen) atoms. The Hall–Kier alpha value is -2.74. The first-order valence-electron chi connectivity index (χ1n) is 9.50. The topological polar surface area (TPSA) is 70.2 Å². The fourth-order valence-corrected chi connectivity index (χ4v) is 3.58. The van der Waals surface area contributed by atoms with E-state index >= 15 is 0 Å². The second kappa shape index (κ2) is 7.35. The third kappa shape index (κ3) is 3.52. The summed E-state index contributed by atoms with van der Waals surface area (Å²) in [5.41, 5.74) is 1.97. The maximum absolute atomic E-state index is 14.3. The minimum atomic E-state index is -0.411. The van der Waals surface area contributed by atoms with Crippen LogP contribution in [0.1, 0.15) is 20.3 Å². The zero-order valence-electron chi connectivity index (χ0n) is 16.6. The first-order valence-corrected chi connectivity index (χ1v) is 9.50. The summed E-state index contributed by atoms with van der Waals surface area (Å²) in [7, 11) is 4.21. The molecular weight excluding hydrogens is 359 g/mol. The van der Waals surface area contributed by atoms with E-state index in [0.717, 1.165) is 30.7 Å². The zero-order valence-corrected chi connectivity index (χ0v) is 16.6. The van der Waals surface area contributed by atoms with Crippen LogP contribution in [0, 0.1) is 5.82 Å². The van der Waals surface area contributed by atoms with Gasteiger partial charge in [-0.2, -0.15) is 5.10 Å². The molecule has 1 atom stereocenters. The Kier molecular flexibility index (Phi) is 4.89. The Morgan fingerprint density at radius 1 is 1.25 bits per heavy atom. The number of likely N-dealkylation sites (N-methyl/N-ethyl adjacent to an activating group) is 1. The Morgan fingerprint density at radius 2 is 2.07 bits per heavy atom. The molecular formula is C20H25FN6O. The molecule has 0 saturated carbocycles. The third-order valence-electron chi connectivity index (χ3n) is 5.09. The number of fused-ring (bicyclic) bond motifs is 1. The molecule has 0 radical (unpaired) electrons. The number of anilines is 1. The first kappa shape index (κ1) is 18.6. The zero-order chi connectivity index (χ0) is 19.8. The molecule has 0 spiro atoms. The van der Waals surface area contributed by atoms with Crippen LogP contribution in [0.25, 0.3) is 22.3 Å². The van der Waals surface area contributed by atoms with Crippen molar-refractivity contribution in [2.45, 2.75) is 32.4 Å². The van der Waals surface area contributed by atoms with Crippen molar-refractivity contribution in [3.63, 3.8) is 0 Å². The van der Waals surface area contributed by atoms with E-state index in [0.29, 0.717) is 22.9 Å². The summed E-state index contributed by atoms with van der Waals surface area (Å²) in [6.45, 7) is 5.63. The maximum atomic E-state index is 14.3. The van der Waals surface area contributed by atoms with Gasteiger partial charge in [0.2, 0.25) is 0 Å². The Morgan fingerprint density at radius 3 is 2.79 bits per heavy atom. The van der Waals surface area contributed by atoms with E-state index in [9.17, 15) is 4.39 Å². The number of H-pyrrole nitrogens is 1. The minimum absolute atomic E-state index is 0.118. The molecule has 0 amide bonds. The van der Waals surface area contributed by atoms with Crippen LogP contribution in [-0.4, -0.2) is 64.4 Å². The SMILES string of the molecule is CC(C)Oc1cc2c(-c3cc(N4CCC(N(C)C)C4)ncn3)n[nH]c2cc1F. The molecule has 3 aromatic rings. The van der Waals surface area contributed by atoms with Gasteiger partial charge in [0.05, 0.1) is 17.3 Å². The van der Waals surface area contributed by atoms with Gasteiger partial charge in [-0.3, -0.25) is 5.10 Å². The van der Waals surface area contributed by atoms with E-state index < -0.39 is 5.82 Å². The lowest BCUT2D eigenvalue weighted by Crippen LogP contribution is -2.31. The van der Waals surface area contributed by atoms with E-state index in [1.165, 1.54) is 6.07 Å². The quantitative estimate of drug-likeness (QED) is 0.729. The monoisotopic (exact) mass is 384 g/mol. The fraction of sp³-hybridized carbons (Fsp3) is 0.450. The van der Waals surface area contributed by atoms with Gasteiger partial charge in [0.1, 0.15) is 17.8 Å². The van der Waals surface area contributed by atoms with Crippen molar-refractivity contribution in [3.8, 4) is 17.1 Å². The van der Waals surface area contributed by atoms with E-state index in [4.69, 9.17) is 4.74 Å². The third-order valence-corrected chi connectivity index (χ3v) is 5.09. The summed E-state index contributed by atoms with van der Waals surface area (Å²) in [6.07, 6.45) is 2.54. The molecule has 7 nitrogen and oxygen atoms in total. The van der Waals surface area contributed by atoms with E-state index in [1.807, 2.05) is 19.9 Å². The summed E-state index contributed by atoms with van der Waals surface area (Å²) >= 11 is 0. The maximum Gasteiger partial charge on any atom is 0.167 e. The van der Waals surface area contributed by atoms with Gasteiger partial charge >= 0.3 is 0 Å². The van der Waals surface area contributed by atoms with E-state index in [1.54, 1.807) is 12.4 Å². The number of nitrogens with zero attached hydrogens (tertiary/aromatic N) is 5. The number of halogens is 1. The van der Waals surface area contributed by atoms with Gasteiger partial charge in [0.15, 0.2) is 11.6 Å². The summed E-state index contributed by atoms with van der Waals surface area (Å²) in [5, 5.41) is 8.04.